The molecule has 0 aromatic heterocycles. The lowest BCUT2D eigenvalue weighted by Gasteiger charge is -2.28. The first-order chi connectivity index (χ1) is 7.36. The maximum Gasteiger partial charge on any atom is 0.0600 e. The van der Waals surface area contributed by atoms with Gasteiger partial charge in [0.25, 0.3) is 0 Å². The SMILES string of the molecule is C=CCNCCOC1CCCC(OC)C1. The van der Waals surface area contributed by atoms with Crippen LogP contribution >= 0.6 is 0 Å². The molecule has 0 saturated heterocycles. The summed E-state index contributed by atoms with van der Waals surface area (Å²) in [5, 5.41) is 3.23. The molecule has 3 nitrogen and oxygen atoms in total. The van der Waals surface area contributed by atoms with Crippen LogP contribution in [0.25, 0.3) is 0 Å². The fraction of sp³-hybridized carbons (Fsp3) is 0.833. The van der Waals surface area contributed by atoms with Crippen molar-refractivity contribution >= 4 is 0 Å². The quantitative estimate of drug-likeness (QED) is 0.516. The number of methoxy groups -OCH3 is 1. The van der Waals surface area contributed by atoms with E-state index >= 15 is 0 Å². The van der Waals surface area contributed by atoms with Gasteiger partial charge < -0.3 is 14.8 Å². The summed E-state index contributed by atoms with van der Waals surface area (Å²) in [6.45, 7) is 6.19. The Morgan fingerprint density at radius 2 is 2.20 bits per heavy atom. The van der Waals surface area contributed by atoms with Crippen molar-refractivity contribution in [3.05, 3.63) is 12.7 Å². The van der Waals surface area contributed by atoms with Crippen molar-refractivity contribution in [1.82, 2.24) is 5.32 Å². The van der Waals surface area contributed by atoms with E-state index in [1.165, 1.54) is 19.3 Å². The van der Waals surface area contributed by atoms with Crippen LogP contribution < -0.4 is 5.32 Å². The number of nitrogens with one attached hydrogen (secondary N) is 1. The van der Waals surface area contributed by atoms with Crippen molar-refractivity contribution in [1.29, 1.82) is 0 Å². The van der Waals surface area contributed by atoms with Gasteiger partial charge >= 0.3 is 0 Å². The monoisotopic (exact) mass is 213 g/mol. The van der Waals surface area contributed by atoms with Crippen molar-refractivity contribution in [2.75, 3.05) is 26.8 Å². The lowest BCUT2D eigenvalue weighted by atomic mass is 9.95. The molecule has 1 saturated carbocycles. The maximum absolute atomic E-state index is 5.78. The largest absolute Gasteiger partial charge is 0.381 e. The summed E-state index contributed by atoms with van der Waals surface area (Å²) in [6.07, 6.45) is 7.31. The molecule has 0 amide bonds. The Bertz CT molecular complexity index is 173. The van der Waals surface area contributed by atoms with Crippen LogP contribution in [0.1, 0.15) is 25.7 Å². The van der Waals surface area contributed by atoms with Crippen molar-refractivity contribution in [3.8, 4) is 0 Å². The number of hydrogen-bond acceptors (Lipinski definition) is 3. The summed E-state index contributed by atoms with van der Waals surface area (Å²) in [5.74, 6) is 0. The summed E-state index contributed by atoms with van der Waals surface area (Å²) >= 11 is 0. The van der Waals surface area contributed by atoms with Crippen LogP contribution in [-0.2, 0) is 9.47 Å². The average molecular weight is 213 g/mol. The van der Waals surface area contributed by atoms with E-state index in [0.29, 0.717) is 12.2 Å². The maximum atomic E-state index is 5.78. The molecule has 2 unspecified atom stereocenters. The number of hydrogen-bond donors (Lipinski definition) is 1. The van der Waals surface area contributed by atoms with Crippen molar-refractivity contribution in [3.63, 3.8) is 0 Å². The lowest BCUT2D eigenvalue weighted by molar-refractivity contribution is -0.0280. The summed E-state index contributed by atoms with van der Waals surface area (Å²) in [6, 6.07) is 0. The predicted octanol–water partition coefficient (Wildman–Crippen LogP) is 1.74. The minimum absolute atomic E-state index is 0.397. The zero-order chi connectivity index (χ0) is 10.9. The summed E-state index contributed by atoms with van der Waals surface area (Å²) < 4.78 is 11.1. The second-order valence-electron chi connectivity index (χ2n) is 4.01. The van der Waals surface area contributed by atoms with E-state index in [4.69, 9.17) is 9.47 Å². The molecule has 1 fully saturated rings. The topological polar surface area (TPSA) is 30.5 Å². The molecule has 0 aromatic carbocycles. The molecule has 0 bridgehead atoms. The second-order valence-corrected chi connectivity index (χ2v) is 4.01. The van der Waals surface area contributed by atoms with Gasteiger partial charge in [-0.2, -0.15) is 0 Å². The summed E-state index contributed by atoms with van der Waals surface area (Å²) in [7, 11) is 1.79. The number of rotatable bonds is 7. The fourth-order valence-electron chi connectivity index (χ4n) is 1.97. The highest BCUT2D eigenvalue weighted by molar-refractivity contribution is 4.74. The molecule has 88 valence electrons. The van der Waals surface area contributed by atoms with E-state index < -0.39 is 0 Å². The minimum atomic E-state index is 0.397. The Morgan fingerprint density at radius 3 is 2.93 bits per heavy atom. The molecule has 1 aliphatic carbocycles. The van der Waals surface area contributed by atoms with Crippen molar-refractivity contribution in [2.45, 2.75) is 37.9 Å². The molecule has 3 heteroatoms. The molecule has 2 atom stereocenters. The van der Waals surface area contributed by atoms with Gasteiger partial charge in [0.1, 0.15) is 0 Å². The van der Waals surface area contributed by atoms with Crippen molar-refractivity contribution < 1.29 is 9.47 Å². The summed E-state index contributed by atoms with van der Waals surface area (Å²) in [4.78, 5) is 0. The zero-order valence-electron chi connectivity index (χ0n) is 9.71. The van der Waals surface area contributed by atoms with Gasteiger partial charge in [0.2, 0.25) is 0 Å². The summed E-state index contributed by atoms with van der Waals surface area (Å²) in [5.41, 5.74) is 0. The Morgan fingerprint density at radius 1 is 1.40 bits per heavy atom. The van der Waals surface area contributed by atoms with Crippen LogP contribution in [-0.4, -0.2) is 39.0 Å². The van der Waals surface area contributed by atoms with E-state index in [1.54, 1.807) is 7.11 Å². The molecule has 0 spiro atoms. The van der Waals surface area contributed by atoms with Gasteiger partial charge in [-0.05, 0) is 25.7 Å². The van der Waals surface area contributed by atoms with Gasteiger partial charge in [0.15, 0.2) is 0 Å². The predicted molar refractivity (Wildman–Crippen MR) is 62.1 cm³/mol. The number of ether oxygens (including phenoxy) is 2. The van der Waals surface area contributed by atoms with Crippen LogP contribution in [0.15, 0.2) is 12.7 Å². The highest BCUT2D eigenvalue weighted by Crippen LogP contribution is 2.22. The standard InChI is InChI=1S/C12H23NO2/c1-3-7-13-8-9-15-12-6-4-5-11(10-12)14-2/h3,11-13H,1,4-10H2,2H3. The highest BCUT2D eigenvalue weighted by atomic mass is 16.5. The van der Waals surface area contributed by atoms with Gasteiger partial charge in [-0.1, -0.05) is 6.08 Å². The average Bonchev–Trinajstić information content (AvgIpc) is 2.29. The smallest absolute Gasteiger partial charge is 0.0600 e. The molecule has 15 heavy (non-hydrogen) atoms. The third-order valence-corrected chi connectivity index (χ3v) is 2.83. The van der Waals surface area contributed by atoms with Crippen LogP contribution in [0.5, 0.6) is 0 Å². The molecule has 0 aliphatic heterocycles. The van der Waals surface area contributed by atoms with Gasteiger partial charge in [-0.25, -0.2) is 0 Å². The first kappa shape index (κ1) is 12.7. The first-order valence-electron chi connectivity index (χ1n) is 5.82. The minimum Gasteiger partial charge on any atom is -0.381 e. The van der Waals surface area contributed by atoms with E-state index in [0.717, 1.165) is 26.1 Å². The third-order valence-electron chi connectivity index (χ3n) is 2.83. The van der Waals surface area contributed by atoms with E-state index in [2.05, 4.69) is 11.9 Å². The molecule has 1 aliphatic rings. The van der Waals surface area contributed by atoms with Crippen LogP contribution in [0.2, 0.25) is 0 Å². The normalized spacial score (nSPS) is 26.5. The molecule has 1 N–H and O–H groups in total. The molecular formula is C12H23NO2. The van der Waals surface area contributed by atoms with E-state index in [1.807, 2.05) is 6.08 Å². The van der Waals surface area contributed by atoms with Crippen LogP contribution in [0, 0.1) is 0 Å². The van der Waals surface area contributed by atoms with E-state index in [9.17, 15) is 0 Å². The third kappa shape index (κ3) is 5.30. The van der Waals surface area contributed by atoms with Crippen LogP contribution in [0.4, 0.5) is 0 Å². The second kappa shape index (κ2) is 7.85. The molecule has 0 heterocycles. The fourth-order valence-corrected chi connectivity index (χ4v) is 1.97. The van der Waals surface area contributed by atoms with Gasteiger partial charge in [0, 0.05) is 20.2 Å². The van der Waals surface area contributed by atoms with E-state index in [-0.39, 0.29) is 0 Å². The Labute approximate surface area is 92.8 Å². The Balaban J connectivity index is 2.02. The van der Waals surface area contributed by atoms with Gasteiger partial charge in [0.05, 0.1) is 18.8 Å². The first-order valence-corrected chi connectivity index (χ1v) is 5.82. The molecular weight excluding hydrogens is 190 g/mol. The lowest BCUT2D eigenvalue weighted by Crippen LogP contribution is -2.30. The molecule has 0 aromatic rings. The van der Waals surface area contributed by atoms with Crippen LogP contribution in [0.3, 0.4) is 0 Å². The highest BCUT2D eigenvalue weighted by Gasteiger charge is 2.21. The van der Waals surface area contributed by atoms with Gasteiger partial charge in [-0.15, -0.1) is 6.58 Å². The Hall–Kier alpha value is -0.380. The zero-order valence-corrected chi connectivity index (χ0v) is 9.71. The van der Waals surface area contributed by atoms with Gasteiger partial charge in [-0.3, -0.25) is 0 Å². The van der Waals surface area contributed by atoms with Crippen molar-refractivity contribution in [2.24, 2.45) is 0 Å². The Kier molecular flexibility index (Phi) is 6.64. The molecule has 0 radical (unpaired) electrons. The molecule has 1 rings (SSSR count).